The molecule has 0 unspecified atom stereocenters. The number of carbonyl (C=O) groups excluding carboxylic acids is 1. The van der Waals surface area contributed by atoms with Crippen molar-refractivity contribution in [3.05, 3.63) is 64.9 Å². The molecule has 2 heterocycles. The summed E-state index contributed by atoms with van der Waals surface area (Å²) in [5.74, 6) is 0.117. The van der Waals surface area contributed by atoms with E-state index in [1.54, 1.807) is 22.8 Å². The first-order chi connectivity index (χ1) is 12.9. The number of aromatic nitrogens is 2. The number of benzene rings is 2. The van der Waals surface area contributed by atoms with E-state index in [0.29, 0.717) is 28.6 Å². The summed E-state index contributed by atoms with van der Waals surface area (Å²) in [5, 5.41) is 5.98. The van der Waals surface area contributed by atoms with E-state index in [1.807, 2.05) is 6.92 Å². The zero-order valence-electron chi connectivity index (χ0n) is 14.3. The van der Waals surface area contributed by atoms with E-state index in [-0.39, 0.29) is 29.3 Å². The van der Waals surface area contributed by atoms with Gasteiger partial charge >= 0.3 is 0 Å². The second-order valence-corrected chi connectivity index (χ2v) is 6.71. The molecule has 5 nitrogen and oxygen atoms in total. The quantitative estimate of drug-likeness (QED) is 0.698. The maximum atomic E-state index is 13.8. The Hall–Kier alpha value is -2.93. The molecule has 1 aromatic heterocycles. The Morgan fingerprint density at radius 1 is 1.22 bits per heavy atom. The average Bonchev–Trinajstić information content (AvgIpc) is 2.98. The van der Waals surface area contributed by atoms with Crippen molar-refractivity contribution in [1.29, 1.82) is 0 Å². The fraction of sp³-hybridized carbons (Fsp3) is 0.158. The number of rotatable bonds is 3. The van der Waals surface area contributed by atoms with Crippen molar-refractivity contribution in [2.75, 3.05) is 5.32 Å². The highest BCUT2D eigenvalue weighted by molar-refractivity contribution is 6.30. The molecule has 1 atom stereocenters. The van der Waals surface area contributed by atoms with Crippen LogP contribution >= 0.6 is 11.6 Å². The minimum Gasteiger partial charge on any atom is -0.345 e. The molecule has 0 aliphatic carbocycles. The molecule has 4 rings (SSSR count). The summed E-state index contributed by atoms with van der Waals surface area (Å²) in [6.45, 7) is 1.91. The molecule has 1 amide bonds. The molecule has 1 aliphatic rings. The number of nitrogens with one attached hydrogen (secondary N) is 2. The molecule has 0 saturated carbocycles. The molecule has 3 aromatic rings. The SMILES string of the molecule is C[C@H]1NC(=O)Cn2c1nc(-c1ccc(F)cc1)c2Nc1ccc(Cl)c(F)c1. The zero-order valence-corrected chi connectivity index (χ0v) is 15.0. The predicted molar refractivity (Wildman–Crippen MR) is 98.9 cm³/mol. The van der Waals surface area contributed by atoms with Crippen LogP contribution in [0.2, 0.25) is 5.02 Å². The van der Waals surface area contributed by atoms with Crippen molar-refractivity contribution in [1.82, 2.24) is 14.9 Å². The molecular weight excluding hydrogens is 374 g/mol. The van der Waals surface area contributed by atoms with Crippen LogP contribution in [0.25, 0.3) is 11.3 Å². The van der Waals surface area contributed by atoms with Crippen molar-refractivity contribution in [2.24, 2.45) is 0 Å². The Morgan fingerprint density at radius 3 is 2.67 bits per heavy atom. The monoisotopic (exact) mass is 388 g/mol. The highest BCUT2D eigenvalue weighted by Crippen LogP contribution is 2.35. The van der Waals surface area contributed by atoms with Gasteiger partial charge in [0.05, 0.1) is 11.1 Å². The number of hydrogen-bond acceptors (Lipinski definition) is 3. The van der Waals surface area contributed by atoms with Gasteiger partial charge in [-0.1, -0.05) is 11.6 Å². The molecule has 2 aromatic carbocycles. The summed E-state index contributed by atoms with van der Waals surface area (Å²) in [6, 6.07) is 9.95. The summed E-state index contributed by atoms with van der Waals surface area (Å²) in [4.78, 5) is 16.7. The zero-order chi connectivity index (χ0) is 19.1. The smallest absolute Gasteiger partial charge is 0.240 e. The maximum absolute atomic E-state index is 13.8. The van der Waals surface area contributed by atoms with Crippen LogP contribution in [0, 0.1) is 11.6 Å². The van der Waals surface area contributed by atoms with Gasteiger partial charge in [-0.2, -0.15) is 0 Å². The minimum atomic E-state index is -0.561. The number of fused-ring (bicyclic) bond motifs is 1. The molecule has 1 aliphatic heterocycles. The first-order valence-electron chi connectivity index (χ1n) is 8.30. The van der Waals surface area contributed by atoms with Crippen LogP contribution in [0.3, 0.4) is 0 Å². The van der Waals surface area contributed by atoms with Gasteiger partial charge in [0.2, 0.25) is 5.91 Å². The molecule has 0 saturated heterocycles. The summed E-state index contributed by atoms with van der Waals surface area (Å²) in [5.41, 5.74) is 1.68. The number of halogens is 3. The van der Waals surface area contributed by atoms with E-state index in [9.17, 15) is 13.6 Å². The molecule has 0 spiro atoms. The van der Waals surface area contributed by atoms with Crippen LogP contribution < -0.4 is 10.6 Å². The number of carbonyl (C=O) groups is 1. The molecule has 138 valence electrons. The summed E-state index contributed by atoms with van der Waals surface area (Å²) < 4.78 is 28.9. The molecule has 2 N–H and O–H groups in total. The molecule has 27 heavy (non-hydrogen) atoms. The summed E-state index contributed by atoms with van der Waals surface area (Å²) in [7, 11) is 0. The van der Waals surface area contributed by atoms with E-state index in [0.717, 1.165) is 0 Å². The Labute approximate surface area is 159 Å². The van der Waals surface area contributed by atoms with E-state index in [1.165, 1.54) is 24.3 Å². The number of amides is 1. The highest BCUT2D eigenvalue weighted by Gasteiger charge is 2.28. The lowest BCUT2D eigenvalue weighted by molar-refractivity contribution is -0.123. The van der Waals surface area contributed by atoms with Crippen LogP contribution in [-0.2, 0) is 11.3 Å². The van der Waals surface area contributed by atoms with Gasteiger partial charge in [0, 0.05) is 11.3 Å². The van der Waals surface area contributed by atoms with Crippen molar-refractivity contribution >= 4 is 29.0 Å². The third kappa shape index (κ3) is 3.26. The normalized spacial score (nSPS) is 16.0. The van der Waals surface area contributed by atoms with Gasteiger partial charge in [-0.15, -0.1) is 0 Å². The molecule has 0 fully saturated rings. The maximum Gasteiger partial charge on any atom is 0.240 e. The van der Waals surface area contributed by atoms with Gasteiger partial charge in [-0.25, -0.2) is 13.8 Å². The van der Waals surface area contributed by atoms with E-state index >= 15 is 0 Å². The van der Waals surface area contributed by atoms with Crippen LogP contribution in [0.4, 0.5) is 20.3 Å². The second-order valence-electron chi connectivity index (χ2n) is 6.30. The molecule has 0 radical (unpaired) electrons. The Balaban J connectivity index is 1.85. The van der Waals surface area contributed by atoms with Crippen LogP contribution in [-0.4, -0.2) is 15.5 Å². The number of nitrogens with zero attached hydrogens (tertiary/aromatic N) is 2. The van der Waals surface area contributed by atoms with Crippen molar-refractivity contribution in [3.8, 4) is 11.3 Å². The van der Waals surface area contributed by atoms with E-state index < -0.39 is 5.82 Å². The van der Waals surface area contributed by atoms with Gasteiger partial charge in [0.1, 0.15) is 35.5 Å². The topological polar surface area (TPSA) is 59.0 Å². The summed E-state index contributed by atoms with van der Waals surface area (Å²) in [6.07, 6.45) is 0. The van der Waals surface area contributed by atoms with Gasteiger partial charge in [-0.05, 0) is 49.4 Å². The van der Waals surface area contributed by atoms with Crippen LogP contribution in [0.5, 0.6) is 0 Å². The summed E-state index contributed by atoms with van der Waals surface area (Å²) >= 11 is 5.75. The van der Waals surface area contributed by atoms with Gasteiger partial charge < -0.3 is 15.2 Å². The van der Waals surface area contributed by atoms with Crippen LogP contribution in [0.1, 0.15) is 18.8 Å². The largest absolute Gasteiger partial charge is 0.345 e. The highest BCUT2D eigenvalue weighted by atomic mass is 35.5. The van der Waals surface area contributed by atoms with Gasteiger partial charge in [0.15, 0.2) is 0 Å². The van der Waals surface area contributed by atoms with Crippen molar-refractivity contribution in [3.63, 3.8) is 0 Å². The third-order valence-electron chi connectivity index (χ3n) is 4.36. The Bertz CT molecular complexity index is 1030. The van der Waals surface area contributed by atoms with Crippen LogP contribution in [0.15, 0.2) is 42.5 Å². The molecular formula is C19H15ClF2N4O. The predicted octanol–water partition coefficient (Wildman–Crippen LogP) is 4.42. The van der Waals surface area contributed by atoms with Gasteiger partial charge in [-0.3, -0.25) is 4.79 Å². The Kier molecular flexibility index (Phi) is 4.31. The minimum absolute atomic E-state index is 0.0163. The second kappa shape index (κ2) is 6.66. The number of imidazole rings is 1. The number of anilines is 2. The first kappa shape index (κ1) is 17.5. The fourth-order valence-electron chi connectivity index (χ4n) is 3.10. The first-order valence-corrected chi connectivity index (χ1v) is 8.68. The van der Waals surface area contributed by atoms with E-state index in [2.05, 4.69) is 15.6 Å². The Morgan fingerprint density at radius 2 is 1.96 bits per heavy atom. The van der Waals surface area contributed by atoms with E-state index in [4.69, 9.17) is 11.6 Å². The van der Waals surface area contributed by atoms with Crippen molar-refractivity contribution in [2.45, 2.75) is 19.5 Å². The fourth-order valence-corrected chi connectivity index (χ4v) is 3.22. The standard InChI is InChI=1S/C19H15ClF2N4O/c1-10-18-25-17(11-2-4-12(21)5-3-11)19(26(18)9-16(27)23-10)24-13-6-7-14(20)15(22)8-13/h2-8,10,24H,9H2,1H3,(H,23,27)/t10-/m1/s1. The van der Waals surface area contributed by atoms with Crippen molar-refractivity contribution < 1.29 is 13.6 Å². The lowest BCUT2D eigenvalue weighted by Gasteiger charge is -2.23. The average molecular weight is 389 g/mol. The molecule has 8 heteroatoms. The number of hydrogen-bond donors (Lipinski definition) is 2. The third-order valence-corrected chi connectivity index (χ3v) is 4.67. The molecule has 0 bridgehead atoms. The van der Waals surface area contributed by atoms with Gasteiger partial charge in [0.25, 0.3) is 0 Å². The lowest BCUT2D eigenvalue weighted by Crippen LogP contribution is -2.37. The lowest BCUT2D eigenvalue weighted by atomic mass is 10.1.